The summed E-state index contributed by atoms with van der Waals surface area (Å²) in [7, 11) is 0. The van der Waals surface area contributed by atoms with Crippen LogP contribution in [0.5, 0.6) is 0 Å². The van der Waals surface area contributed by atoms with Crippen LogP contribution in [0.1, 0.15) is 39.3 Å². The normalized spacial score (nSPS) is 14.2. The summed E-state index contributed by atoms with van der Waals surface area (Å²) in [5.41, 5.74) is 1.50. The molecule has 1 aliphatic heterocycles. The number of likely N-dealkylation sites (tertiary alicyclic amines) is 1. The summed E-state index contributed by atoms with van der Waals surface area (Å²) in [6, 6.07) is 12.3. The Morgan fingerprint density at radius 1 is 0.905 bits per heavy atom. The first-order chi connectivity index (χ1) is 10.3. The number of hydrogen-bond donors (Lipinski definition) is 0. The molecule has 1 aromatic carbocycles. The topological polar surface area (TPSA) is 50.3 Å². The van der Waals surface area contributed by atoms with Gasteiger partial charge in [0.1, 0.15) is 5.69 Å². The van der Waals surface area contributed by atoms with Crippen molar-refractivity contribution in [2.45, 2.75) is 12.8 Å². The molecule has 1 aromatic heterocycles. The van der Waals surface area contributed by atoms with Crippen LogP contribution in [0.3, 0.4) is 0 Å². The Morgan fingerprint density at radius 3 is 2.24 bits per heavy atom. The largest absolute Gasteiger partial charge is 0.339 e. The van der Waals surface area contributed by atoms with Crippen molar-refractivity contribution in [2.75, 3.05) is 13.1 Å². The van der Waals surface area contributed by atoms with Crippen LogP contribution in [0.4, 0.5) is 0 Å². The number of amides is 1. The summed E-state index contributed by atoms with van der Waals surface area (Å²) in [4.78, 5) is 30.4. The molecule has 0 unspecified atom stereocenters. The minimum absolute atomic E-state index is 0.00119. The second-order valence-electron chi connectivity index (χ2n) is 5.13. The highest BCUT2D eigenvalue weighted by molar-refractivity contribution is 6.08. The smallest absolute Gasteiger partial charge is 0.255 e. The van der Waals surface area contributed by atoms with Gasteiger partial charge >= 0.3 is 0 Å². The Hall–Kier alpha value is -2.49. The van der Waals surface area contributed by atoms with Crippen molar-refractivity contribution < 1.29 is 9.59 Å². The molecule has 4 nitrogen and oxygen atoms in total. The van der Waals surface area contributed by atoms with E-state index in [0.29, 0.717) is 16.8 Å². The summed E-state index contributed by atoms with van der Waals surface area (Å²) in [6.07, 6.45) is 3.62. The highest BCUT2D eigenvalue weighted by Gasteiger charge is 2.20. The summed E-state index contributed by atoms with van der Waals surface area (Å²) in [5.74, 6) is -0.130. The van der Waals surface area contributed by atoms with Crippen LogP contribution in [0, 0.1) is 0 Å². The van der Waals surface area contributed by atoms with Gasteiger partial charge in [-0.3, -0.25) is 14.6 Å². The maximum absolute atomic E-state index is 12.2. The van der Waals surface area contributed by atoms with E-state index in [1.54, 1.807) is 24.3 Å². The van der Waals surface area contributed by atoms with Gasteiger partial charge in [-0.1, -0.05) is 30.3 Å². The average molecular weight is 280 g/mol. The zero-order valence-electron chi connectivity index (χ0n) is 11.7. The van der Waals surface area contributed by atoms with Gasteiger partial charge in [0.05, 0.1) is 5.56 Å². The Labute approximate surface area is 123 Å². The molecule has 106 valence electrons. The predicted molar refractivity (Wildman–Crippen MR) is 79.2 cm³/mol. The highest BCUT2D eigenvalue weighted by atomic mass is 16.2. The summed E-state index contributed by atoms with van der Waals surface area (Å²) >= 11 is 0. The van der Waals surface area contributed by atoms with Crippen LogP contribution in [0.2, 0.25) is 0 Å². The molecule has 0 saturated carbocycles. The second-order valence-corrected chi connectivity index (χ2v) is 5.13. The van der Waals surface area contributed by atoms with E-state index in [1.807, 2.05) is 23.1 Å². The van der Waals surface area contributed by atoms with Gasteiger partial charge < -0.3 is 4.90 Å². The summed E-state index contributed by atoms with van der Waals surface area (Å²) in [6.45, 7) is 1.62. The van der Waals surface area contributed by atoms with Crippen LogP contribution in [-0.4, -0.2) is 34.7 Å². The SMILES string of the molecule is O=C(c1ccccc1)c1ccc(C(=O)N2CCCC2)cn1. The summed E-state index contributed by atoms with van der Waals surface area (Å²) in [5, 5.41) is 0. The van der Waals surface area contributed by atoms with Crippen LogP contribution in [-0.2, 0) is 0 Å². The second kappa shape index (κ2) is 5.87. The lowest BCUT2D eigenvalue weighted by Crippen LogP contribution is -2.27. The molecule has 2 aromatic rings. The molecule has 0 bridgehead atoms. The Kier molecular flexibility index (Phi) is 3.77. The van der Waals surface area contributed by atoms with Gasteiger partial charge in [0.25, 0.3) is 5.91 Å². The van der Waals surface area contributed by atoms with E-state index in [9.17, 15) is 9.59 Å². The minimum Gasteiger partial charge on any atom is -0.339 e. The van der Waals surface area contributed by atoms with Crippen LogP contribution < -0.4 is 0 Å². The fourth-order valence-corrected chi connectivity index (χ4v) is 2.49. The van der Waals surface area contributed by atoms with E-state index < -0.39 is 0 Å². The van der Waals surface area contributed by atoms with Crippen molar-refractivity contribution in [2.24, 2.45) is 0 Å². The Morgan fingerprint density at radius 2 is 1.62 bits per heavy atom. The predicted octanol–water partition coefficient (Wildman–Crippen LogP) is 2.55. The zero-order chi connectivity index (χ0) is 14.7. The molecule has 0 radical (unpaired) electrons. The third-order valence-electron chi connectivity index (χ3n) is 3.67. The third-order valence-corrected chi connectivity index (χ3v) is 3.67. The first-order valence-electron chi connectivity index (χ1n) is 7.11. The van der Waals surface area contributed by atoms with E-state index >= 15 is 0 Å². The lowest BCUT2D eigenvalue weighted by Gasteiger charge is -2.14. The third kappa shape index (κ3) is 2.84. The number of rotatable bonds is 3. The Bertz CT molecular complexity index is 644. The monoisotopic (exact) mass is 280 g/mol. The molecule has 0 N–H and O–H groups in total. The number of pyridine rings is 1. The number of nitrogens with zero attached hydrogens (tertiary/aromatic N) is 2. The molecule has 1 saturated heterocycles. The molecule has 0 atom stereocenters. The number of benzene rings is 1. The lowest BCUT2D eigenvalue weighted by molar-refractivity contribution is 0.0791. The molecular weight excluding hydrogens is 264 g/mol. The number of carbonyl (C=O) groups is 2. The fourth-order valence-electron chi connectivity index (χ4n) is 2.49. The fraction of sp³-hybridized carbons (Fsp3) is 0.235. The molecule has 1 aliphatic rings. The van der Waals surface area contributed by atoms with E-state index in [-0.39, 0.29) is 11.7 Å². The Balaban J connectivity index is 1.78. The quantitative estimate of drug-likeness (QED) is 0.812. The summed E-state index contributed by atoms with van der Waals surface area (Å²) < 4.78 is 0. The van der Waals surface area contributed by atoms with Crippen molar-refractivity contribution in [1.29, 1.82) is 0 Å². The van der Waals surface area contributed by atoms with Crippen molar-refractivity contribution >= 4 is 11.7 Å². The van der Waals surface area contributed by atoms with E-state index in [2.05, 4.69) is 4.98 Å². The minimum atomic E-state index is -0.129. The van der Waals surface area contributed by atoms with Gasteiger partial charge in [-0.15, -0.1) is 0 Å². The number of aromatic nitrogens is 1. The van der Waals surface area contributed by atoms with Gasteiger partial charge in [0.2, 0.25) is 5.78 Å². The number of ketones is 1. The van der Waals surface area contributed by atoms with Gasteiger partial charge in [-0.25, -0.2) is 0 Å². The maximum atomic E-state index is 12.2. The van der Waals surface area contributed by atoms with Crippen LogP contribution >= 0.6 is 0 Å². The standard InChI is InChI=1S/C17H16N2O2/c20-16(13-6-2-1-3-7-13)15-9-8-14(12-18-15)17(21)19-10-4-5-11-19/h1-3,6-9,12H,4-5,10-11H2. The molecule has 4 heteroatoms. The zero-order valence-corrected chi connectivity index (χ0v) is 11.7. The van der Waals surface area contributed by atoms with E-state index in [0.717, 1.165) is 25.9 Å². The molecular formula is C17H16N2O2. The first kappa shape index (κ1) is 13.5. The first-order valence-corrected chi connectivity index (χ1v) is 7.11. The molecule has 1 amide bonds. The average Bonchev–Trinajstić information content (AvgIpc) is 3.09. The maximum Gasteiger partial charge on any atom is 0.255 e. The number of hydrogen-bond acceptors (Lipinski definition) is 3. The van der Waals surface area contributed by atoms with Gasteiger partial charge in [-0.2, -0.15) is 0 Å². The lowest BCUT2D eigenvalue weighted by atomic mass is 10.1. The van der Waals surface area contributed by atoms with E-state index in [1.165, 1.54) is 6.20 Å². The van der Waals surface area contributed by atoms with Crippen LogP contribution in [0.15, 0.2) is 48.7 Å². The van der Waals surface area contributed by atoms with Gasteiger partial charge in [0, 0.05) is 24.8 Å². The molecule has 1 fully saturated rings. The van der Waals surface area contributed by atoms with E-state index in [4.69, 9.17) is 0 Å². The van der Waals surface area contributed by atoms with Crippen molar-refractivity contribution in [3.8, 4) is 0 Å². The molecule has 21 heavy (non-hydrogen) atoms. The van der Waals surface area contributed by atoms with Gasteiger partial charge in [-0.05, 0) is 25.0 Å². The highest BCUT2D eigenvalue weighted by Crippen LogP contribution is 2.13. The van der Waals surface area contributed by atoms with Gasteiger partial charge in [0.15, 0.2) is 0 Å². The molecule has 3 rings (SSSR count). The number of carbonyl (C=O) groups excluding carboxylic acids is 2. The van der Waals surface area contributed by atoms with Crippen molar-refractivity contribution in [1.82, 2.24) is 9.88 Å². The molecule has 2 heterocycles. The van der Waals surface area contributed by atoms with Crippen molar-refractivity contribution in [3.05, 3.63) is 65.5 Å². The molecule has 0 aliphatic carbocycles. The van der Waals surface area contributed by atoms with Crippen LogP contribution in [0.25, 0.3) is 0 Å². The molecule has 0 spiro atoms. The van der Waals surface area contributed by atoms with Crippen molar-refractivity contribution in [3.63, 3.8) is 0 Å².